The Morgan fingerprint density at radius 3 is 2.41 bits per heavy atom. The third kappa shape index (κ3) is 6.79. The number of benzene rings is 2. The lowest BCUT2D eigenvalue weighted by molar-refractivity contribution is -0.134. The van der Waals surface area contributed by atoms with Crippen LogP contribution in [0.2, 0.25) is 0 Å². The van der Waals surface area contributed by atoms with Crippen molar-refractivity contribution in [3.05, 3.63) is 47.5 Å². The summed E-state index contributed by atoms with van der Waals surface area (Å²) < 4.78 is 22.1. The summed E-state index contributed by atoms with van der Waals surface area (Å²) in [7, 11) is 3.21. The number of likely N-dealkylation sites (tertiary alicyclic amines) is 1. The summed E-state index contributed by atoms with van der Waals surface area (Å²) in [6.07, 6.45) is 3.84. The average molecular weight is 471 g/mol. The molecule has 1 saturated heterocycles. The van der Waals surface area contributed by atoms with Crippen LogP contribution in [0.4, 0.5) is 0 Å². The summed E-state index contributed by atoms with van der Waals surface area (Å²) in [5, 5.41) is 2.93. The van der Waals surface area contributed by atoms with Crippen LogP contribution in [0.5, 0.6) is 23.0 Å². The van der Waals surface area contributed by atoms with E-state index in [1.54, 1.807) is 32.4 Å². The van der Waals surface area contributed by atoms with Crippen LogP contribution in [0, 0.1) is 0 Å². The van der Waals surface area contributed by atoms with Gasteiger partial charge in [0.2, 0.25) is 0 Å². The van der Waals surface area contributed by atoms with E-state index in [0.29, 0.717) is 48.1 Å². The van der Waals surface area contributed by atoms with Crippen molar-refractivity contribution < 1.29 is 28.5 Å². The summed E-state index contributed by atoms with van der Waals surface area (Å²) >= 11 is 0. The lowest BCUT2D eigenvalue weighted by Gasteiger charge is -2.26. The van der Waals surface area contributed by atoms with Crippen LogP contribution in [0.3, 0.4) is 0 Å². The molecule has 2 aromatic carbocycles. The molecule has 2 aromatic rings. The zero-order valence-corrected chi connectivity index (χ0v) is 20.2. The molecule has 0 saturated carbocycles. The summed E-state index contributed by atoms with van der Waals surface area (Å²) in [6.45, 7) is 4.23. The van der Waals surface area contributed by atoms with Gasteiger partial charge in [-0.1, -0.05) is 6.07 Å². The molecule has 34 heavy (non-hydrogen) atoms. The van der Waals surface area contributed by atoms with Gasteiger partial charge in [-0.3, -0.25) is 9.59 Å². The molecule has 1 N–H and O–H groups in total. The van der Waals surface area contributed by atoms with Crippen molar-refractivity contribution in [2.24, 2.45) is 0 Å². The maximum Gasteiger partial charge on any atom is 0.260 e. The molecule has 0 aromatic heterocycles. The van der Waals surface area contributed by atoms with Crippen molar-refractivity contribution in [3.8, 4) is 23.0 Å². The van der Waals surface area contributed by atoms with Gasteiger partial charge in [-0.15, -0.1) is 0 Å². The second kappa shape index (κ2) is 12.7. The van der Waals surface area contributed by atoms with E-state index in [4.69, 9.17) is 18.9 Å². The van der Waals surface area contributed by atoms with Gasteiger partial charge in [0.15, 0.2) is 18.1 Å². The van der Waals surface area contributed by atoms with E-state index in [1.165, 1.54) is 0 Å². The molecule has 1 fully saturated rings. The molecule has 8 heteroatoms. The summed E-state index contributed by atoms with van der Waals surface area (Å²) in [6, 6.07) is 10.6. The Hall–Kier alpha value is -3.42. The second-order valence-corrected chi connectivity index (χ2v) is 8.01. The van der Waals surface area contributed by atoms with Crippen LogP contribution in [-0.4, -0.2) is 63.8 Å². The first-order chi connectivity index (χ1) is 16.5. The molecule has 0 radical (unpaired) electrons. The molecule has 0 bridgehead atoms. The number of rotatable bonds is 11. The molecule has 0 unspecified atom stereocenters. The number of hydrogen-bond donors (Lipinski definition) is 1. The first-order valence-corrected chi connectivity index (χ1v) is 11.7. The first kappa shape index (κ1) is 25.2. The van der Waals surface area contributed by atoms with Crippen molar-refractivity contribution in [3.63, 3.8) is 0 Å². The zero-order chi connectivity index (χ0) is 24.3. The number of nitrogens with zero attached hydrogens (tertiary/aromatic N) is 1. The molecule has 0 atom stereocenters. The summed E-state index contributed by atoms with van der Waals surface area (Å²) in [5.41, 5.74) is 1.43. The van der Waals surface area contributed by atoms with Gasteiger partial charge in [-0.2, -0.15) is 0 Å². The van der Waals surface area contributed by atoms with Crippen LogP contribution in [0.25, 0.3) is 0 Å². The van der Waals surface area contributed by atoms with Gasteiger partial charge in [0.05, 0.1) is 20.8 Å². The summed E-state index contributed by atoms with van der Waals surface area (Å²) in [4.78, 5) is 27.0. The minimum absolute atomic E-state index is 0.0297. The van der Waals surface area contributed by atoms with Gasteiger partial charge in [0.25, 0.3) is 11.8 Å². The first-order valence-electron chi connectivity index (χ1n) is 11.7. The van der Waals surface area contributed by atoms with Gasteiger partial charge in [-0.25, -0.2) is 0 Å². The molecular formula is C26H34N2O6. The third-order valence-electron chi connectivity index (χ3n) is 5.74. The van der Waals surface area contributed by atoms with Crippen LogP contribution in [-0.2, 0) is 11.2 Å². The fraction of sp³-hybridized carbons (Fsp3) is 0.462. The van der Waals surface area contributed by atoms with Gasteiger partial charge in [-0.05, 0) is 62.4 Å². The minimum Gasteiger partial charge on any atom is -0.497 e. The minimum atomic E-state index is -0.218. The molecule has 8 nitrogen and oxygen atoms in total. The molecule has 1 aliphatic heterocycles. The number of amides is 2. The number of piperidine rings is 1. The molecule has 184 valence electrons. The van der Waals surface area contributed by atoms with Crippen LogP contribution < -0.4 is 24.3 Å². The predicted octanol–water partition coefficient (Wildman–Crippen LogP) is 3.47. The highest BCUT2D eigenvalue weighted by atomic mass is 16.5. The van der Waals surface area contributed by atoms with Crippen LogP contribution in [0.1, 0.15) is 42.1 Å². The topological polar surface area (TPSA) is 86.3 Å². The Bertz CT molecular complexity index is 972. The maximum absolute atomic E-state index is 12.7. The number of carbonyl (C=O) groups excluding carboxylic acids is 2. The van der Waals surface area contributed by atoms with E-state index in [9.17, 15) is 9.59 Å². The standard InChI is InChI=1S/C26H34N2O6/c1-4-33-24-16-20(9-11-22(24)34-18-25(29)28-14-6-5-7-15-28)26(30)27-13-12-19-8-10-21(31-2)17-23(19)32-3/h8-11,16-17H,4-7,12-15,18H2,1-3H3,(H,27,30). The lowest BCUT2D eigenvalue weighted by atomic mass is 10.1. The largest absolute Gasteiger partial charge is 0.497 e. The highest BCUT2D eigenvalue weighted by molar-refractivity contribution is 5.94. The van der Waals surface area contributed by atoms with Crippen molar-refractivity contribution in [1.82, 2.24) is 10.2 Å². The quantitative estimate of drug-likeness (QED) is 0.541. The zero-order valence-electron chi connectivity index (χ0n) is 20.2. The average Bonchev–Trinajstić information content (AvgIpc) is 2.88. The van der Waals surface area contributed by atoms with E-state index in [-0.39, 0.29) is 18.4 Å². The number of methoxy groups -OCH3 is 2. The van der Waals surface area contributed by atoms with Crippen molar-refractivity contribution >= 4 is 11.8 Å². The van der Waals surface area contributed by atoms with E-state index >= 15 is 0 Å². The number of carbonyl (C=O) groups is 2. The van der Waals surface area contributed by atoms with Crippen molar-refractivity contribution in [2.75, 3.05) is 47.1 Å². The van der Waals surface area contributed by atoms with Crippen LogP contribution >= 0.6 is 0 Å². The maximum atomic E-state index is 12.7. The Labute approximate surface area is 201 Å². The van der Waals surface area contributed by atoms with Gasteiger partial charge < -0.3 is 29.2 Å². The highest BCUT2D eigenvalue weighted by Crippen LogP contribution is 2.29. The van der Waals surface area contributed by atoms with Gasteiger partial charge >= 0.3 is 0 Å². The monoisotopic (exact) mass is 470 g/mol. The van der Waals surface area contributed by atoms with Crippen molar-refractivity contribution in [1.29, 1.82) is 0 Å². The molecule has 2 amide bonds. The van der Waals surface area contributed by atoms with E-state index in [1.807, 2.05) is 30.0 Å². The molecular weight excluding hydrogens is 436 g/mol. The van der Waals surface area contributed by atoms with E-state index < -0.39 is 0 Å². The fourth-order valence-corrected chi connectivity index (χ4v) is 3.88. The Balaban J connectivity index is 1.58. The van der Waals surface area contributed by atoms with Gasteiger partial charge in [0.1, 0.15) is 11.5 Å². The molecule has 0 aliphatic carbocycles. The Kier molecular flexibility index (Phi) is 9.43. The molecule has 1 heterocycles. The lowest BCUT2D eigenvalue weighted by Crippen LogP contribution is -2.38. The number of ether oxygens (including phenoxy) is 4. The smallest absolute Gasteiger partial charge is 0.260 e. The SMILES string of the molecule is CCOc1cc(C(=O)NCCc2ccc(OC)cc2OC)ccc1OCC(=O)N1CCCCC1. The van der Waals surface area contributed by atoms with E-state index in [0.717, 1.165) is 37.9 Å². The van der Waals surface area contributed by atoms with E-state index in [2.05, 4.69) is 5.32 Å². The molecule has 0 spiro atoms. The second-order valence-electron chi connectivity index (χ2n) is 8.01. The number of nitrogens with one attached hydrogen (secondary N) is 1. The highest BCUT2D eigenvalue weighted by Gasteiger charge is 2.18. The van der Waals surface area contributed by atoms with Crippen LogP contribution in [0.15, 0.2) is 36.4 Å². The number of hydrogen-bond acceptors (Lipinski definition) is 6. The van der Waals surface area contributed by atoms with Crippen molar-refractivity contribution in [2.45, 2.75) is 32.6 Å². The third-order valence-corrected chi connectivity index (χ3v) is 5.74. The Morgan fingerprint density at radius 2 is 1.71 bits per heavy atom. The summed E-state index contributed by atoms with van der Waals surface area (Å²) in [5.74, 6) is 2.08. The Morgan fingerprint density at radius 1 is 0.912 bits per heavy atom. The fourth-order valence-electron chi connectivity index (χ4n) is 3.88. The normalized spacial score (nSPS) is 13.2. The van der Waals surface area contributed by atoms with Gasteiger partial charge in [0, 0.05) is 31.3 Å². The predicted molar refractivity (Wildman–Crippen MR) is 129 cm³/mol. The molecule has 3 rings (SSSR count). The molecule has 1 aliphatic rings.